The molecule has 0 bridgehead atoms. The van der Waals surface area contributed by atoms with Gasteiger partial charge in [0, 0.05) is 12.5 Å². The van der Waals surface area contributed by atoms with Crippen LogP contribution in [0.1, 0.15) is 53.4 Å². The SMILES string of the molecule is CCNC(=O)[C@@H]([C@H](CCC1CC1)C(N)=O)C(C)(C)C. The number of hydrogen-bond donors (Lipinski definition) is 2. The molecule has 3 N–H and O–H groups in total. The van der Waals surface area contributed by atoms with Crippen molar-refractivity contribution in [3.05, 3.63) is 0 Å². The first-order valence-electron chi connectivity index (χ1n) is 7.34. The number of amides is 2. The lowest BCUT2D eigenvalue weighted by atomic mass is 9.70. The number of carbonyl (C=O) groups excluding carboxylic acids is 2. The minimum absolute atomic E-state index is 0.0467. The maximum Gasteiger partial charge on any atom is 0.224 e. The zero-order chi connectivity index (χ0) is 14.6. The quantitative estimate of drug-likeness (QED) is 0.742. The largest absolute Gasteiger partial charge is 0.369 e. The molecule has 1 aliphatic rings. The molecular weight excluding hydrogens is 240 g/mol. The van der Waals surface area contributed by atoms with Gasteiger partial charge in [-0.1, -0.05) is 33.6 Å². The topological polar surface area (TPSA) is 72.2 Å². The molecule has 0 spiro atoms. The van der Waals surface area contributed by atoms with E-state index in [0.29, 0.717) is 6.54 Å². The fourth-order valence-electron chi connectivity index (χ4n) is 2.76. The summed E-state index contributed by atoms with van der Waals surface area (Å²) in [7, 11) is 0. The monoisotopic (exact) mass is 268 g/mol. The highest BCUT2D eigenvalue weighted by Gasteiger charge is 2.41. The second-order valence-electron chi connectivity index (χ2n) is 6.77. The van der Waals surface area contributed by atoms with Crippen LogP contribution in [0.15, 0.2) is 0 Å². The van der Waals surface area contributed by atoms with E-state index in [2.05, 4.69) is 5.32 Å². The molecule has 0 radical (unpaired) electrons. The van der Waals surface area contributed by atoms with Gasteiger partial charge in [-0.15, -0.1) is 0 Å². The van der Waals surface area contributed by atoms with E-state index in [0.717, 1.165) is 18.8 Å². The lowest BCUT2D eigenvalue weighted by Crippen LogP contribution is -2.46. The number of primary amides is 1. The highest BCUT2D eigenvalue weighted by molar-refractivity contribution is 5.87. The van der Waals surface area contributed by atoms with Gasteiger partial charge in [-0.3, -0.25) is 9.59 Å². The van der Waals surface area contributed by atoms with E-state index in [9.17, 15) is 9.59 Å². The van der Waals surface area contributed by atoms with Gasteiger partial charge in [0.15, 0.2) is 0 Å². The normalized spacial score (nSPS) is 18.7. The number of carbonyl (C=O) groups is 2. The first-order chi connectivity index (χ1) is 8.77. The van der Waals surface area contributed by atoms with E-state index in [1.54, 1.807) is 0 Å². The minimum atomic E-state index is -0.354. The Labute approximate surface area is 116 Å². The average Bonchev–Trinajstić information content (AvgIpc) is 3.05. The van der Waals surface area contributed by atoms with Crippen molar-refractivity contribution in [3.8, 4) is 0 Å². The van der Waals surface area contributed by atoms with Gasteiger partial charge >= 0.3 is 0 Å². The highest BCUT2D eigenvalue weighted by atomic mass is 16.2. The van der Waals surface area contributed by atoms with Crippen molar-refractivity contribution in [1.82, 2.24) is 5.32 Å². The van der Waals surface area contributed by atoms with Crippen LogP contribution >= 0.6 is 0 Å². The summed E-state index contributed by atoms with van der Waals surface area (Å²) < 4.78 is 0. The molecule has 110 valence electrons. The van der Waals surface area contributed by atoms with Crippen LogP contribution in [0.4, 0.5) is 0 Å². The van der Waals surface area contributed by atoms with E-state index >= 15 is 0 Å². The Hall–Kier alpha value is -1.06. The van der Waals surface area contributed by atoms with Gasteiger partial charge in [-0.2, -0.15) is 0 Å². The second kappa shape index (κ2) is 6.40. The molecule has 19 heavy (non-hydrogen) atoms. The average molecular weight is 268 g/mol. The third-order valence-corrected chi connectivity index (χ3v) is 3.92. The van der Waals surface area contributed by atoms with Gasteiger partial charge in [0.2, 0.25) is 11.8 Å². The standard InChI is InChI=1S/C15H28N2O2/c1-5-17-14(19)12(15(2,3)4)11(13(16)18)9-8-10-6-7-10/h10-12H,5-9H2,1-4H3,(H2,16,18)(H,17,19)/t11-,12+/m0/s1. The van der Waals surface area contributed by atoms with E-state index in [1.807, 2.05) is 27.7 Å². The van der Waals surface area contributed by atoms with Crippen molar-refractivity contribution in [2.45, 2.75) is 53.4 Å². The van der Waals surface area contributed by atoms with Crippen LogP contribution in [0, 0.1) is 23.2 Å². The summed E-state index contributed by atoms with van der Waals surface area (Å²) >= 11 is 0. The summed E-state index contributed by atoms with van der Waals surface area (Å²) in [6, 6.07) is 0. The molecule has 1 rings (SSSR count). The van der Waals surface area contributed by atoms with Crippen molar-refractivity contribution in [1.29, 1.82) is 0 Å². The summed E-state index contributed by atoms with van der Waals surface area (Å²) in [4.78, 5) is 24.0. The fraction of sp³-hybridized carbons (Fsp3) is 0.867. The van der Waals surface area contributed by atoms with Crippen LogP contribution < -0.4 is 11.1 Å². The zero-order valence-corrected chi connectivity index (χ0v) is 12.7. The smallest absolute Gasteiger partial charge is 0.224 e. The van der Waals surface area contributed by atoms with Gasteiger partial charge in [-0.25, -0.2) is 0 Å². The number of hydrogen-bond acceptors (Lipinski definition) is 2. The van der Waals surface area contributed by atoms with Gasteiger partial charge in [-0.05, 0) is 31.1 Å². The van der Waals surface area contributed by atoms with Crippen LogP contribution in [0.3, 0.4) is 0 Å². The second-order valence-corrected chi connectivity index (χ2v) is 6.77. The Balaban J connectivity index is 2.82. The van der Waals surface area contributed by atoms with E-state index < -0.39 is 0 Å². The minimum Gasteiger partial charge on any atom is -0.369 e. The molecule has 0 aromatic carbocycles. The van der Waals surface area contributed by atoms with Crippen molar-refractivity contribution >= 4 is 11.8 Å². The molecule has 2 amide bonds. The molecule has 0 aliphatic heterocycles. The highest BCUT2D eigenvalue weighted by Crippen LogP contribution is 2.39. The summed E-state index contributed by atoms with van der Waals surface area (Å²) in [5.41, 5.74) is 5.29. The van der Waals surface area contributed by atoms with Crippen molar-refractivity contribution in [2.75, 3.05) is 6.54 Å². The molecule has 4 nitrogen and oxygen atoms in total. The van der Waals surface area contributed by atoms with Gasteiger partial charge < -0.3 is 11.1 Å². The lowest BCUT2D eigenvalue weighted by molar-refractivity contribution is -0.137. The Morgan fingerprint density at radius 2 is 1.89 bits per heavy atom. The number of nitrogens with two attached hydrogens (primary N) is 1. The van der Waals surface area contributed by atoms with Crippen LogP contribution in [-0.2, 0) is 9.59 Å². The molecule has 4 heteroatoms. The molecule has 0 saturated heterocycles. The number of nitrogens with one attached hydrogen (secondary N) is 1. The van der Waals surface area contributed by atoms with E-state index in [-0.39, 0.29) is 29.1 Å². The van der Waals surface area contributed by atoms with Crippen LogP contribution in [0.2, 0.25) is 0 Å². The predicted molar refractivity (Wildman–Crippen MR) is 76.3 cm³/mol. The summed E-state index contributed by atoms with van der Waals surface area (Å²) in [5.74, 6) is -0.339. The van der Waals surface area contributed by atoms with E-state index in [4.69, 9.17) is 5.73 Å². The molecule has 0 unspecified atom stereocenters. The number of rotatable bonds is 7. The summed E-state index contributed by atoms with van der Waals surface area (Å²) in [6.07, 6.45) is 4.26. The zero-order valence-electron chi connectivity index (χ0n) is 12.7. The predicted octanol–water partition coefficient (Wildman–Crippen LogP) is 2.08. The molecule has 1 fully saturated rings. The molecule has 2 atom stereocenters. The van der Waals surface area contributed by atoms with Gasteiger partial charge in [0.05, 0.1) is 5.92 Å². The van der Waals surface area contributed by atoms with Crippen molar-refractivity contribution in [3.63, 3.8) is 0 Å². The lowest BCUT2D eigenvalue weighted by Gasteiger charge is -2.34. The maximum atomic E-state index is 12.3. The van der Waals surface area contributed by atoms with Crippen molar-refractivity contribution < 1.29 is 9.59 Å². The van der Waals surface area contributed by atoms with Crippen molar-refractivity contribution in [2.24, 2.45) is 28.9 Å². The van der Waals surface area contributed by atoms with Crippen LogP contribution in [-0.4, -0.2) is 18.4 Å². The van der Waals surface area contributed by atoms with Gasteiger partial charge in [0.25, 0.3) is 0 Å². The maximum absolute atomic E-state index is 12.3. The first-order valence-corrected chi connectivity index (χ1v) is 7.34. The Bertz CT molecular complexity index is 330. The molecule has 0 aromatic heterocycles. The first kappa shape index (κ1) is 16.0. The summed E-state index contributed by atoms with van der Waals surface area (Å²) in [5, 5.41) is 2.84. The Morgan fingerprint density at radius 3 is 2.26 bits per heavy atom. The Morgan fingerprint density at radius 1 is 1.32 bits per heavy atom. The molecule has 0 aromatic rings. The van der Waals surface area contributed by atoms with Crippen LogP contribution in [0.25, 0.3) is 0 Å². The third kappa shape index (κ3) is 4.84. The molecule has 1 aliphatic carbocycles. The van der Waals surface area contributed by atoms with Crippen LogP contribution in [0.5, 0.6) is 0 Å². The molecule has 0 heterocycles. The fourth-order valence-corrected chi connectivity index (χ4v) is 2.76. The molecule has 1 saturated carbocycles. The summed E-state index contributed by atoms with van der Waals surface area (Å²) in [6.45, 7) is 8.47. The molecular formula is C15H28N2O2. The van der Waals surface area contributed by atoms with Gasteiger partial charge in [0.1, 0.15) is 0 Å². The Kier molecular flexibility index (Phi) is 5.39. The third-order valence-electron chi connectivity index (χ3n) is 3.92. The van der Waals surface area contributed by atoms with E-state index in [1.165, 1.54) is 12.8 Å².